The lowest BCUT2D eigenvalue weighted by Gasteiger charge is -2.15. The van der Waals surface area contributed by atoms with E-state index in [2.05, 4.69) is 25.5 Å². The van der Waals surface area contributed by atoms with Gasteiger partial charge in [-0.05, 0) is 37.0 Å². The van der Waals surface area contributed by atoms with E-state index >= 15 is 0 Å². The molecule has 0 saturated heterocycles. The number of rotatable bonds is 6. The van der Waals surface area contributed by atoms with Crippen LogP contribution in [-0.2, 0) is 6.18 Å². The van der Waals surface area contributed by atoms with Crippen LogP contribution >= 0.6 is 0 Å². The summed E-state index contributed by atoms with van der Waals surface area (Å²) in [6.07, 6.45) is -4.10. The number of hydrogen-bond acceptors (Lipinski definition) is 6. The van der Waals surface area contributed by atoms with Crippen LogP contribution in [0.3, 0.4) is 0 Å². The first-order valence-electron chi connectivity index (χ1n) is 9.21. The van der Waals surface area contributed by atoms with Crippen molar-refractivity contribution in [2.45, 2.75) is 25.4 Å². The molecule has 0 radical (unpaired) electrons. The predicted octanol–water partition coefficient (Wildman–Crippen LogP) is 1.75. The van der Waals surface area contributed by atoms with Gasteiger partial charge in [-0.2, -0.15) is 22.8 Å². The summed E-state index contributed by atoms with van der Waals surface area (Å²) in [6.45, 7) is 1.37. The van der Waals surface area contributed by atoms with Crippen molar-refractivity contribution >= 4 is 5.91 Å². The van der Waals surface area contributed by atoms with Crippen LogP contribution in [0, 0.1) is 18.2 Å². The topological polar surface area (TPSA) is 122 Å². The van der Waals surface area contributed by atoms with Crippen LogP contribution in [0.5, 0.6) is 0 Å². The van der Waals surface area contributed by atoms with Gasteiger partial charge in [0.2, 0.25) is 11.6 Å². The molecule has 3 aromatic rings. The average molecular weight is 439 g/mol. The summed E-state index contributed by atoms with van der Waals surface area (Å²) in [5.74, 6) is -2.92. The molecule has 2 aromatic heterocycles. The molecule has 4 rings (SSSR count). The number of carbonyl (C=O) groups excluding carboxylic acids is 1. The summed E-state index contributed by atoms with van der Waals surface area (Å²) in [5, 5.41) is 21.6. The number of amides is 1. The molecule has 1 aromatic carbocycles. The molecule has 3 N–H and O–H groups in total. The lowest BCUT2D eigenvalue weighted by atomic mass is 9.99. The second kappa shape index (κ2) is 7.41. The zero-order chi connectivity index (χ0) is 22.4. The number of carbonyl (C=O) groups is 1. The van der Waals surface area contributed by atoms with Crippen LogP contribution < -0.4 is 5.32 Å². The Morgan fingerprint density at radius 2 is 2.03 bits per heavy atom. The van der Waals surface area contributed by atoms with Crippen molar-refractivity contribution in [3.05, 3.63) is 53.1 Å². The molecule has 31 heavy (non-hydrogen) atoms. The molecule has 2 atom stereocenters. The highest BCUT2D eigenvalue weighted by Gasteiger charge is 2.54. The Hall–Kier alpha value is -3.35. The first-order valence-corrected chi connectivity index (χ1v) is 9.21. The van der Waals surface area contributed by atoms with E-state index in [4.69, 9.17) is 0 Å². The number of alkyl halides is 3. The van der Waals surface area contributed by atoms with Gasteiger partial charge in [-0.1, -0.05) is 12.1 Å². The molecule has 0 aliphatic heterocycles. The van der Waals surface area contributed by atoms with E-state index < -0.39 is 29.3 Å². The first kappa shape index (κ1) is 20.9. The number of benzene rings is 1. The lowest BCUT2D eigenvalue weighted by Crippen LogP contribution is -2.33. The molecule has 9 nitrogen and oxygen atoms in total. The Balaban J connectivity index is 1.44. The molecule has 2 heterocycles. The van der Waals surface area contributed by atoms with Crippen molar-refractivity contribution in [3.8, 4) is 5.95 Å². The number of aromatic amines is 1. The third kappa shape index (κ3) is 4.00. The Kier molecular flexibility index (Phi) is 5.00. The molecular formula is C18H17F4N7O2. The van der Waals surface area contributed by atoms with Gasteiger partial charge in [0, 0.05) is 12.0 Å². The van der Waals surface area contributed by atoms with Gasteiger partial charge in [0.15, 0.2) is 0 Å². The van der Waals surface area contributed by atoms with Crippen LogP contribution in [0.4, 0.5) is 17.6 Å². The minimum absolute atomic E-state index is 0.0419. The summed E-state index contributed by atoms with van der Waals surface area (Å²) in [5.41, 5.74) is 0.268. The van der Waals surface area contributed by atoms with E-state index in [1.54, 1.807) is 17.2 Å². The molecule has 13 heteroatoms. The van der Waals surface area contributed by atoms with Crippen LogP contribution in [-0.4, -0.2) is 54.1 Å². The van der Waals surface area contributed by atoms with Crippen molar-refractivity contribution in [2.24, 2.45) is 5.41 Å². The van der Waals surface area contributed by atoms with E-state index in [0.29, 0.717) is 6.42 Å². The van der Waals surface area contributed by atoms with Crippen LogP contribution in [0.25, 0.3) is 5.95 Å². The molecule has 1 aliphatic carbocycles. The quantitative estimate of drug-likeness (QED) is 0.503. The average Bonchev–Trinajstić information content (AvgIpc) is 3.03. The van der Waals surface area contributed by atoms with Crippen molar-refractivity contribution in [3.63, 3.8) is 0 Å². The number of aromatic nitrogens is 6. The largest absolute Gasteiger partial charge is 0.451 e. The van der Waals surface area contributed by atoms with Gasteiger partial charge < -0.3 is 10.4 Å². The van der Waals surface area contributed by atoms with E-state index in [0.717, 1.165) is 10.2 Å². The second-order valence-electron chi connectivity index (χ2n) is 7.39. The maximum atomic E-state index is 13.1. The zero-order valence-corrected chi connectivity index (χ0v) is 16.1. The monoisotopic (exact) mass is 439 g/mol. The van der Waals surface area contributed by atoms with Gasteiger partial charge >= 0.3 is 6.18 Å². The van der Waals surface area contributed by atoms with Crippen molar-refractivity contribution in [2.75, 3.05) is 13.2 Å². The smallest absolute Gasteiger partial charge is 0.396 e. The fourth-order valence-electron chi connectivity index (χ4n) is 3.43. The number of nitrogens with one attached hydrogen (secondary N) is 2. The summed E-state index contributed by atoms with van der Waals surface area (Å²) in [7, 11) is 0. The molecule has 2 unspecified atom stereocenters. The van der Waals surface area contributed by atoms with Crippen molar-refractivity contribution in [1.82, 2.24) is 35.3 Å². The van der Waals surface area contributed by atoms with Crippen LogP contribution in [0.2, 0.25) is 0 Å². The fraction of sp³-hybridized carbons (Fsp3) is 0.389. The Morgan fingerprint density at radius 1 is 1.32 bits per heavy atom. The summed E-state index contributed by atoms with van der Waals surface area (Å²) < 4.78 is 52.1. The van der Waals surface area contributed by atoms with E-state index in [-0.39, 0.29) is 36.5 Å². The van der Waals surface area contributed by atoms with E-state index in [1.165, 1.54) is 19.1 Å². The Bertz CT molecular complexity index is 1110. The van der Waals surface area contributed by atoms with Gasteiger partial charge in [0.25, 0.3) is 11.9 Å². The number of nitrogens with zero attached hydrogens (tertiary/aromatic N) is 5. The summed E-state index contributed by atoms with van der Waals surface area (Å²) in [6, 6.07) is 5.94. The Morgan fingerprint density at radius 3 is 2.65 bits per heavy atom. The molecule has 1 amide bonds. The van der Waals surface area contributed by atoms with Gasteiger partial charge in [-0.15, -0.1) is 10.2 Å². The van der Waals surface area contributed by atoms with Gasteiger partial charge in [0.1, 0.15) is 11.6 Å². The number of aliphatic hydroxyl groups is 1. The lowest BCUT2D eigenvalue weighted by molar-refractivity contribution is -0.144. The highest BCUT2D eigenvalue weighted by atomic mass is 19.4. The predicted molar refractivity (Wildman–Crippen MR) is 96.6 cm³/mol. The summed E-state index contributed by atoms with van der Waals surface area (Å²) in [4.78, 5) is 19.7. The zero-order valence-electron chi connectivity index (χ0n) is 16.1. The highest BCUT2D eigenvalue weighted by molar-refractivity contribution is 5.90. The number of H-pyrrole nitrogens is 1. The van der Waals surface area contributed by atoms with Gasteiger partial charge in [-0.3, -0.25) is 9.89 Å². The minimum atomic E-state index is -4.70. The number of halogens is 4. The SMILES string of the molecule is Cc1nc(C(=O)NCC2(CO)CC2c2ccc(F)cc2)nn1-c1n[nH]c(C(F)(F)F)n1. The number of hydrogen-bond donors (Lipinski definition) is 3. The maximum absolute atomic E-state index is 13.1. The second-order valence-corrected chi connectivity index (χ2v) is 7.39. The third-order valence-electron chi connectivity index (χ3n) is 5.28. The Labute approximate surface area is 172 Å². The third-order valence-corrected chi connectivity index (χ3v) is 5.28. The molecule has 1 saturated carbocycles. The van der Waals surface area contributed by atoms with Gasteiger partial charge in [-0.25, -0.2) is 9.37 Å². The standard InChI is InChI=1S/C18H17F4N7O2/c1-9-24-13(28-29(9)16-25-15(26-27-16)18(20,21)22)14(31)23-7-17(8-30)6-12(17)10-2-4-11(19)5-3-10/h2-5,12,30H,6-8H2,1H3,(H,23,31)(H,25,26,27). The maximum Gasteiger partial charge on any atom is 0.451 e. The van der Waals surface area contributed by atoms with Crippen molar-refractivity contribution in [1.29, 1.82) is 0 Å². The molecule has 0 bridgehead atoms. The highest BCUT2D eigenvalue weighted by Crippen LogP contribution is 2.58. The molecule has 164 valence electrons. The number of aryl methyl sites for hydroxylation is 1. The first-order chi connectivity index (χ1) is 14.6. The van der Waals surface area contributed by atoms with Gasteiger partial charge in [0.05, 0.1) is 6.61 Å². The normalized spacial score (nSPS) is 20.6. The number of aliphatic hydroxyl groups excluding tert-OH is 1. The molecular weight excluding hydrogens is 422 g/mol. The summed E-state index contributed by atoms with van der Waals surface area (Å²) >= 11 is 0. The van der Waals surface area contributed by atoms with E-state index in [1.807, 2.05) is 0 Å². The van der Waals surface area contributed by atoms with Crippen LogP contribution in [0.15, 0.2) is 24.3 Å². The fourth-order valence-corrected chi connectivity index (χ4v) is 3.43. The molecule has 0 spiro atoms. The van der Waals surface area contributed by atoms with Crippen molar-refractivity contribution < 1.29 is 27.5 Å². The minimum Gasteiger partial charge on any atom is -0.396 e. The van der Waals surface area contributed by atoms with E-state index in [9.17, 15) is 27.5 Å². The van der Waals surface area contributed by atoms with Crippen LogP contribution in [0.1, 0.15) is 40.2 Å². The molecule has 1 aliphatic rings. The molecule has 1 fully saturated rings.